The summed E-state index contributed by atoms with van der Waals surface area (Å²) in [6.45, 7) is 2.05. The molecule has 0 spiro atoms. The fraction of sp³-hybridized carbons (Fsp3) is 0.273. The first-order valence-electron chi connectivity index (χ1n) is 9.57. The highest BCUT2D eigenvalue weighted by Crippen LogP contribution is 2.27. The summed E-state index contributed by atoms with van der Waals surface area (Å²) in [5.41, 5.74) is 6.73. The molecule has 0 aromatic heterocycles. The number of aliphatic imine (C=N–C) groups is 1. The van der Waals surface area contributed by atoms with Crippen molar-refractivity contribution in [3.8, 4) is 0 Å². The van der Waals surface area contributed by atoms with E-state index in [0.29, 0.717) is 10.6 Å². The highest BCUT2D eigenvalue weighted by Gasteiger charge is 2.45. The Balaban J connectivity index is 1.59. The summed E-state index contributed by atoms with van der Waals surface area (Å²) < 4.78 is 4.66. The molecule has 3 N–H and O–H groups in total. The SMILES string of the molecule is COC(=O)c1ccc(CNC(=O)CC2(C)N=C(N)N(Cc3cccc(Cl)c3)C2=O)cc1. The Morgan fingerprint density at radius 1 is 1.19 bits per heavy atom. The van der Waals surface area contributed by atoms with Crippen molar-refractivity contribution in [2.45, 2.75) is 32.0 Å². The molecule has 0 radical (unpaired) electrons. The predicted molar refractivity (Wildman–Crippen MR) is 116 cm³/mol. The van der Waals surface area contributed by atoms with Crippen molar-refractivity contribution in [1.29, 1.82) is 0 Å². The molecule has 2 aromatic rings. The Bertz CT molecular complexity index is 1040. The van der Waals surface area contributed by atoms with Crippen molar-refractivity contribution < 1.29 is 19.1 Å². The molecule has 2 amide bonds. The Kier molecular flexibility index (Phi) is 6.60. The highest BCUT2D eigenvalue weighted by molar-refractivity contribution is 6.30. The Hall–Kier alpha value is -3.39. The molecule has 3 rings (SSSR count). The lowest BCUT2D eigenvalue weighted by Crippen LogP contribution is -2.44. The number of esters is 1. The molecule has 8 nitrogen and oxygen atoms in total. The van der Waals surface area contributed by atoms with Crippen LogP contribution in [0.3, 0.4) is 0 Å². The number of halogens is 1. The molecule has 1 heterocycles. The second-order valence-corrected chi connectivity index (χ2v) is 7.84. The van der Waals surface area contributed by atoms with Crippen LogP contribution in [-0.2, 0) is 27.4 Å². The normalized spacial score (nSPS) is 18.0. The first kappa shape index (κ1) is 22.3. The van der Waals surface area contributed by atoms with Crippen LogP contribution >= 0.6 is 11.6 Å². The zero-order valence-electron chi connectivity index (χ0n) is 17.2. The van der Waals surface area contributed by atoms with Crippen molar-refractivity contribution in [2.75, 3.05) is 7.11 Å². The fourth-order valence-electron chi connectivity index (χ4n) is 3.29. The van der Waals surface area contributed by atoms with Crippen molar-refractivity contribution in [2.24, 2.45) is 10.7 Å². The zero-order chi connectivity index (χ0) is 22.6. The van der Waals surface area contributed by atoms with E-state index in [2.05, 4.69) is 15.0 Å². The van der Waals surface area contributed by atoms with Gasteiger partial charge in [-0.05, 0) is 42.3 Å². The third-order valence-corrected chi connectivity index (χ3v) is 5.18. The van der Waals surface area contributed by atoms with Crippen LogP contribution in [0.15, 0.2) is 53.5 Å². The van der Waals surface area contributed by atoms with E-state index in [-0.39, 0.29) is 37.3 Å². The standard InChI is InChI=1S/C22H23ClN4O4/c1-22(11-18(28)25-12-14-6-8-16(9-7-14)19(29)31-2)20(30)27(21(24)26-22)13-15-4-3-5-17(23)10-15/h3-10H,11-13H2,1-2H3,(H2,24,26)(H,25,28). The molecule has 0 saturated heterocycles. The topological polar surface area (TPSA) is 114 Å². The van der Waals surface area contributed by atoms with Gasteiger partial charge in [-0.15, -0.1) is 0 Å². The number of carbonyl (C=O) groups is 3. The fourth-order valence-corrected chi connectivity index (χ4v) is 3.51. The molecule has 0 aliphatic carbocycles. The minimum Gasteiger partial charge on any atom is -0.465 e. The van der Waals surface area contributed by atoms with Crippen LogP contribution < -0.4 is 11.1 Å². The molecular formula is C22H23ClN4O4. The number of carbonyl (C=O) groups excluding carboxylic acids is 3. The molecule has 2 aromatic carbocycles. The lowest BCUT2D eigenvalue weighted by atomic mass is 9.97. The third-order valence-electron chi connectivity index (χ3n) is 4.94. The van der Waals surface area contributed by atoms with E-state index in [1.165, 1.54) is 12.0 Å². The minimum absolute atomic E-state index is 0.0682. The molecule has 0 fully saturated rings. The van der Waals surface area contributed by atoms with E-state index in [1.54, 1.807) is 49.4 Å². The second kappa shape index (κ2) is 9.18. The van der Waals surface area contributed by atoms with Crippen LogP contribution in [0.25, 0.3) is 0 Å². The van der Waals surface area contributed by atoms with Gasteiger partial charge in [-0.25, -0.2) is 9.79 Å². The number of hydrogen-bond donors (Lipinski definition) is 2. The number of guanidine groups is 1. The Labute approximate surface area is 185 Å². The van der Waals surface area contributed by atoms with Gasteiger partial charge in [-0.2, -0.15) is 0 Å². The molecule has 1 aliphatic heterocycles. The van der Waals surface area contributed by atoms with Crippen LogP contribution in [0, 0.1) is 0 Å². The maximum Gasteiger partial charge on any atom is 0.337 e. The van der Waals surface area contributed by atoms with Gasteiger partial charge in [0.05, 0.1) is 25.6 Å². The zero-order valence-corrected chi connectivity index (χ0v) is 18.0. The average Bonchev–Trinajstić information content (AvgIpc) is 2.95. The smallest absolute Gasteiger partial charge is 0.337 e. The number of ether oxygens (including phenoxy) is 1. The van der Waals surface area contributed by atoms with Gasteiger partial charge in [0.15, 0.2) is 5.96 Å². The maximum atomic E-state index is 12.9. The van der Waals surface area contributed by atoms with Crippen molar-refractivity contribution in [1.82, 2.24) is 10.2 Å². The molecule has 31 heavy (non-hydrogen) atoms. The van der Waals surface area contributed by atoms with Crippen LogP contribution in [0.5, 0.6) is 0 Å². The lowest BCUT2D eigenvalue weighted by Gasteiger charge is -2.22. The molecule has 0 saturated carbocycles. The van der Waals surface area contributed by atoms with Crippen molar-refractivity contribution >= 4 is 35.3 Å². The maximum absolute atomic E-state index is 12.9. The van der Waals surface area contributed by atoms with E-state index in [4.69, 9.17) is 17.3 Å². The van der Waals surface area contributed by atoms with Gasteiger partial charge in [0.2, 0.25) is 5.91 Å². The first-order chi connectivity index (χ1) is 14.7. The lowest BCUT2D eigenvalue weighted by molar-refractivity contribution is -0.134. The van der Waals surface area contributed by atoms with Gasteiger partial charge in [-0.1, -0.05) is 35.9 Å². The third kappa shape index (κ3) is 5.21. The van der Waals surface area contributed by atoms with Crippen LogP contribution in [0.4, 0.5) is 0 Å². The number of nitrogens with one attached hydrogen (secondary N) is 1. The summed E-state index contributed by atoms with van der Waals surface area (Å²) in [6, 6.07) is 13.8. The first-order valence-corrected chi connectivity index (χ1v) is 9.95. The van der Waals surface area contributed by atoms with Crippen molar-refractivity contribution in [3.05, 3.63) is 70.2 Å². The van der Waals surface area contributed by atoms with Crippen LogP contribution in [0.1, 0.15) is 34.8 Å². The van der Waals surface area contributed by atoms with E-state index in [1.807, 2.05) is 6.07 Å². The largest absolute Gasteiger partial charge is 0.465 e. The van der Waals surface area contributed by atoms with Gasteiger partial charge >= 0.3 is 5.97 Å². The highest BCUT2D eigenvalue weighted by atomic mass is 35.5. The Morgan fingerprint density at radius 3 is 2.55 bits per heavy atom. The molecule has 9 heteroatoms. The molecule has 1 aliphatic rings. The predicted octanol–water partition coefficient (Wildman–Crippen LogP) is 2.25. The number of benzene rings is 2. The number of hydrogen-bond acceptors (Lipinski definition) is 6. The van der Waals surface area contributed by atoms with Gasteiger partial charge in [0, 0.05) is 11.6 Å². The summed E-state index contributed by atoms with van der Waals surface area (Å²) in [5, 5.41) is 3.32. The molecule has 1 unspecified atom stereocenters. The summed E-state index contributed by atoms with van der Waals surface area (Å²) in [6.07, 6.45) is -0.140. The average molecular weight is 443 g/mol. The summed E-state index contributed by atoms with van der Waals surface area (Å²) in [7, 11) is 1.31. The van der Waals surface area contributed by atoms with Crippen molar-refractivity contribution in [3.63, 3.8) is 0 Å². The Morgan fingerprint density at radius 2 is 1.90 bits per heavy atom. The van der Waals surface area contributed by atoms with Crippen LogP contribution in [0.2, 0.25) is 5.02 Å². The number of nitrogens with two attached hydrogens (primary N) is 1. The summed E-state index contributed by atoms with van der Waals surface area (Å²) >= 11 is 6.00. The number of rotatable bonds is 7. The van der Waals surface area contributed by atoms with E-state index in [0.717, 1.165) is 11.1 Å². The van der Waals surface area contributed by atoms with Gasteiger partial charge in [0.25, 0.3) is 5.91 Å². The summed E-state index contributed by atoms with van der Waals surface area (Å²) in [4.78, 5) is 42.5. The van der Waals surface area contributed by atoms with E-state index in [9.17, 15) is 14.4 Å². The van der Waals surface area contributed by atoms with Gasteiger partial charge in [0.1, 0.15) is 5.54 Å². The second-order valence-electron chi connectivity index (χ2n) is 7.41. The molecule has 162 valence electrons. The monoisotopic (exact) mass is 442 g/mol. The number of amides is 2. The number of nitrogens with zero attached hydrogens (tertiary/aromatic N) is 2. The number of methoxy groups -OCH3 is 1. The minimum atomic E-state index is -1.28. The molecular weight excluding hydrogens is 420 g/mol. The molecule has 0 bridgehead atoms. The van der Waals surface area contributed by atoms with E-state index >= 15 is 0 Å². The van der Waals surface area contributed by atoms with Gasteiger partial charge in [-0.3, -0.25) is 14.5 Å². The summed E-state index contributed by atoms with van der Waals surface area (Å²) in [5.74, 6) is -1.05. The molecule has 1 atom stereocenters. The van der Waals surface area contributed by atoms with Crippen LogP contribution in [-0.4, -0.2) is 41.3 Å². The quantitative estimate of drug-likeness (QED) is 0.638. The van der Waals surface area contributed by atoms with Gasteiger partial charge < -0.3 is 15.8 Å². The van der Waals surface area contributed by atoms with E-state index < -0.39 is 11.5 Å².